The molecular formula is C19H24N2. The fourth-order valence-electron chi connectivity index (χ4n) is 3.16. The molecule has 3 rings (SSSR count). The van der Waals surface area contributed by atoms with Gasteiger partial charge >= 0.3 is 0 Å². The first-order valence-corrected chi connectivity index (χ1v) is 7.87. The topological polar surface area (TPSA) is 15.3 Å². The first kappa shape index (κ1) is 14.0. The fraction of sp³-hybridized carbons (Fsp3) is 0.368. The molecule has 0 unspecified atom stereocenters. The molecule has 2 aromatic rings. The van der Waals surface area contributed by atoms with Gasteiger partial charge < -0.3 is 10.2 Å². The SMILES string of the molecule is Cc1cc(C)cc(CNc2cccc(N3CCCC3)c2)c1. The van der Waals surface area contributed by atoms with Gasteiger partial charge in [-0.2, -0.15) is 0 Å². The Hall–Kier alpha value is -1.96. The lowest BCUT2D eigenvalue weighted by Crippen LogP contribution is -2.17. The first-order valence-electron chi connectivity index (χ1n) is 7.87. The van der Waals surface area contributed by atoms with Crippen LogP contribution in [0.3, 0.4) is 0 Å². The van der Waals surface area contributed by atoms with Crippen LogP contribution in [0, 0.1) is 13.8 Å². The van der Waals surface area contributed by atoms with Gasteiger partial charge in [0, 0.05) is 31.0 Å². The molecule has 2 heteroatoms. The molecule has 0 atom stereocenters. The summed E-state index contributed by atoms with van der Waals surface area (Å²) in [5.41, 5.74) is 6.56. The summed E-state index contributed by atoms with van der Waals surface area (Å²) in [5, 5.41) is 3.55. The van der Waals surface area contributed by atoms with Crippen LogP contribution >= 0.6 is 0 Å². The summed E-state index contributed by atoms with van der Waals surface area (Å²) in [5.74, 6) is 0. The van der Waals surface area contributed by atoms with Gasteiger partial charge in [-0.1, -0.05) is 35.4 Å². The monoisotopic (exact) mass is 280 g/mol. The van der Waals surface area contributed by atoms with Crippen LogP contribution in [0.15, 0.2) is 42.5 Å². The van der Waals surface area contributed by atoms with E-state index in [-0.39, 0.29) is 0 Å². The van der Waals surface area contributed by atoms with Crippen molar-refractivity contribution in [3.63, 3.8) is 0 Å². The van der Waals surface area contributed by atoms with Crippen LogP contribution in [0.2, 0.25) is 0 Å². The van der Waals surface area contributed by atoms with Crippen molar-refractivity contribution in [3.05, 3.63) is 59.2 Å². The van der Waals surface area contributed by atoms with Crippen LogP contribution in [0.5, 0.6) is 0 Å². The lowest BCUT2D eigenvalue weighted by Gasteiger charge is -2.18. The van der Waals surface area contributed by atoms with Gasteiger partial charge in [0.15, 0.2) is 0 Å². The zero-order valence-electron chi connectivity index (χ0n) is 13.0. The van der Waals surface area contributed by atoms with E-state index in [9.17, 15) is 0 Å². The highest BCUT2D eigenvalue weighted by atomic mass is 15.1. The number of rotatable bonds is 4. The van der Waals surface area contributed by atoms with Crippen LogP contribution in [0.1, 0.15) is 29.5 Å². The zero-order valence-corrected chi connectivity index (χ0v) is 13.0. The Labute approximate surface area is 127 Å². The van der Waals surface area contributed by atoms with Gasteiger partial charge in [-0.05, 0) is 50.5 Å². The number of hydrogen-bond donors (Lipinski definition) is 1. The van der Waals surface area contributed by atoms with Crippen LogP contribution in [0.4, 0.5) is 11.4 Å². The lowest BCUT2D eigenvalue weighted by molar-refractivity contribution is 0.949. The summed E-state index contributed by atoms with van der Waals surface area (Å²) in [7, 11) is 0. The van der Waals surface area contributed by atoms with Crippen molar-refractivity contribution in [2.24, 2.45) is 0 Å². The molecule has 0 saturated carbocycles. The molecule has 1 heterocycles. The Morgan fingerprint density at radius 2 is 1.67 bits per heavy atom. The highest BCUT2D eigenvalue weighted by Crippen LogP contribution is 2.23. The van der Waals surface area contributed by atoms with Crippen molar-refractivity contribution in [2.45, 2.75) is 33.2 Å². The number of hydrogen-bond acceptors (Lipinski definition) is 2. The second-order valence-electron chi connectivity index (χ2n) is 6.09. The fourth-order valence-corrected chi connectivity index (χ4v) is 3.16. The van der Waals surface area contributed by atoms with Crippen molar-refractivity contribution >= 4 is 11.4 Å². The highest BCUT2D eigenvalue weighted by Gasteiger charge is 2.12. The smallest absolute Gasteiger partial charge is 0.0400 e. The summed E-state index contributed by atoms with van der Waals surface area (Å²) in [6.07, 6.45) is 2.64. The second-order valence-corrected chi connectivity index (χ2v) is 6.09. The molecule has 1 aliphatic heterocycles. The maximum absolute atomic E-state index is 3.55. The highest BCUT2D eigenvalue weighted by molar-refractivity contribution is 5.58. The van der Waals surface area contributed by atoms with Gasteiger partial charge in [0.2, 0.25) is 0 Å². The number of nitrogens with zero attached hydrogens (tertiary/aromatic N) is 1. The normalized spacial score (nSPS) is 14.5. The number of anilines is 2. The minimum absolute atomic E-state index is 0.881. The molecule has 1 fully saturated rings. The Kier molecular flexibility index (Phi) is 4.14. The first-order chi connectivity index (χ1) is 10.2. The summed E-state index contributed by atoms with van der Waals surface area (Å²) in [6.45, 7) is 7.59. The molecule has 0 amide bonds. The molecule has 0 aliphatic carbocycles. The van der Waals surface area contributed by atoms with Crippen molar-refractivity contribution in [3.8, 4) is 0 Å². The van der Waals surface area contributed by atoms with Crippen LogP contribution in [-0.4, -0.2) is 13.1 Å². The van der Waals surface area contributed by atoms with Gasteiger partial charge in [0.05, 0.1) is 0 Å². The van der Waals surface area contributed by atoms with Crippen molar-refractivity contribution in [2.75, 3.05) is 23.3 Å². The molecule has 0 spiro atoms. The quantitative estimate of drug-likeness (QED) is 0.886. The van der Waals surface area contributed by atoms with Gasteiger partial charge in [-0.25, -0.2) is 0 Å². The van der Waals surface area contributed by atoms with Crippen LogP contribution in [-0.2, 0) is 6.54 Å². The lowest BCUT2D eigenvalue weighted by atomic mass is 10.1. The largest absolute Gasteiger partial charge is 0.381 e. The average Bonchev–Trinajstić information content (AvgIpc) is 2.99. The van der Waals surface area contributed by atoms with Gasteiger partial charge in [-0.15, -0.1) is 0 Å². The molecule has 0 bridgehead atoms. The maximum Gasteiger partial charge on any atom is 0.0400 e. The molecule has 0 radical (unpaired) electrons. The van der Waals surface area contributed by atoms with E-state index in [1.165, 1.54) is 54.0 Å². The second kappa shape index (κ2) is 6.21. The Morgan fingerprint density at radius 3 is 2.38 bits per heavy atom. The van der Waals surface area contributed by atoms with E-state index in [0.717, 1.165) is 6.54 Å². The molecule has 0 aromatic heterocycles. The average molecular weight is 280 g/mol. The van der Waals surface area contributed by atoms with Gasteiger partial charge in [0.1, 0.15) is 0 Å². The molecular weight excluding hydrogens is 256 g/mol. The van der Waals surface area contributed by atoms with Gasteiger partial charge in [-0.3, -0.25) is 0 Å². The van der Waals surface area contributed by atoms with E-state index in [4.69, 9.17) is 0 Å². The van der Waals surface area contributed by atoms with Crippen molar-refractivity contribution in [1.82, 2.24) is 0 Å². The molecule has 110 valence electrons. The standard InChI is InChI=1S/C19H24N2/c1-15-10-16(2)12-17(11-15)14-20-18-6-5-7-19(13-18)21-8-3-4-9-21/h5-7,10-13,20H,3-4,8-9,14H2,1-2H3. The predicted molar refractivity (Wildman–Crippen MR) is 91.1 cm³/mol. The molecule has 1 saturated heterocycles. The van der Waals surface area contributed by atoms with Crippen LogP contribution in [0.25, 0.3) is 0 Å². The van der Waals surface area contributed by atoms with E-state index in [1.54, 1.807) is 0 Å². The zero-order chi connectivity index (χ0) is 14.7. The van der Waals surface area contributed by atoms with Crippen molar-refractivity contribution in [1.29, 1.82) is 0 Å². The summed E-state index contributed by atoms with van der Waals surface area (Å²) in [6, 6.07) is 15.5. The number of nitrogens with one attached hydrogen (secondary N) is 1. The third-order valence-corrected chi connectivity index (χ3v) is 4.10. The summed E-state index contributed by atoms with van der Waals surface area (Å²) >= 11 is 0. The maximum atomic E-state index is 3.55. The number of benzene rings is 2. The van der Waals surface area contributed by atoms with E-state index in [0.29, 0.717) is 0 Å². The van der Waals surface area contributed by atoms with Crippen LogP contribution < -0.4 is 10.2 Å². The van der Waals surface area contributed by atoms with E-state index < -0.39 is 0 Å². The van der Waals surface area contributed by atoms with Crippen molar-refractivity contribution < 1.29 is 0 Å². The Bertz CT molecular complexity index is 592. The van der Waals surface area contributed by atoms with E-state index in [1.807, 2.05) is 0 Å². The van der Waals surface area contributed by atoms with E-state index >= 15 is 0 Å². The third-order valence-electron chi connectivity index (χ3n) is 4.10. The van der Waals surface area contributed by atoms with Gasteiger partial charge in [0.25, 0.3) is 0 Å². The third kappa shape index (κ3) is 3.57. The van der Waals surface area contributed by atoms with E-state index in [2.05, 4.69) is 66.5 Å². The molecule has 1 aliphatic rings. The molecule has 2 aromatic carbocycles. The molecule has 1 N–H and O–H groups in total. The minimum Gasteiger partial charge on any atom is -0.381 e. The molecule has 21 heavy (non-hydrogen) atoms. The predicted octanol–water partition coefficient (Wildman–Crippen LogP) is 4.52. The summed E-state index contributed by atoms with van der Waals surface area (Å²) < 4.78 is 0. The molecule has 2 nitrogen and oxygen atoms in total. The Balaban J connectivity index is 1.68. The number of aryl methyl sites for hydroxylation is 2. The summed E-state index contributed by atoms with van der Waals surface area (Å²) in [4.78, 5) is 2.47. The Morgan fingerprint density at radius 1 is 0.952 bits per heavy atom. The minimum atomic E-state index is 0.881.